The van der Waals surface area contributed by atoms with E-state index in [1.165, 1.54) is 0 Å². The molecular formula is C8H10N2S. The number of rotatable bonds is 2. The Morgan fingerprint density at radius 3 is 3.00 bits per heavy atom. The molecule has 0 atom stereocenters. The SMILES string of the molecule is Cc1cnccc1CC(N)=S. The van der Waals surface area contributed by atoms with Gasteiger partial charge in [-0.05, 0) is 24.1 Å². The lowest BCUT2D eigenvalue weighted by molar-refractivity contribution is 1.18. The maximum absolute atomic E-state index is 5.40. The first kappa shape index (κ1) is 8.14. The monoisotopic (exact) mass is 166 g/mol. The molecule has 0 aliphatic carbocycles. The molecule has 1 heterocycles. The van der Waals surface area contributed by atoms with Crippen LogP contribution in [0.3, 0.4) is 0 Å². The minimum Gasteiger partial charge on any atom is -0.393 e. The van der Waals surface area contributed by atoms with Crippen molar-refractivity contribution in [3.63, 3.8) is 0 Å². The van der Waals surface area contributed by atoms with E-state index >= 15 is 0 Å². The standard InChI is InChI=1S/C8H10N2S/c1-6-5-10-3-2-7(6)4-8(9)11/h2-3,5H,4H2,1H3,(H2,9,11). The lowest BCUT2D eigenvalue weighted by Gasteiger charge is -2.01. The Kier molecular flexibility index (Phi) is 2.54. The van der Waals surface area contributed by atoms with Gasteiger partial charge in [-0.3, -0.25) is 4.98 Å². The van der Waals surface area contributed by atoms with Crippen molar-refractivity contribution < 1.29 is 0 Å². The Bertz CT molecular complexity index is 271. The molecule has 0 amide bonds. The van der Waals surface area contributed by atoms with Gasteiger partial charge < -0.3 is 5.73 Å². The summed E-state index contributed by atoms with van der Waals surface area (Å²) in [6.45, 7) is 2.00. The van der Waals surface area contributed by atoms with Crippen molar-refractivity contribution in [3.8, 4) is 0 Å². The lowest BCUT2D eigenvalue weighted by atomic mass is 10.1. The maximum Gasteiger partial charge on any atom is 0.0771 e. The number of hydrogen-bond donors (Lipinski definition) is 1. The van der Waals surface area contributed by atoms with Gasteiger partial charge in [0.05, 0.1) is 4.99 Å². The first-order valence-corrected chi connectivity index (χ1v) is 3.79. The van der Waals surface area contributed by atoms with Crippen molar-refractivity contribution >= 4 is 17.2 Å². The molecule has 0 saturated carbocycles. The average Bonchev–Trinajstić information content (AvgIpc) is 1.93. The van der Waals surface area contributed by atoms with Crippen LogP contribution in [0.25, 0.3) is 0 Å². The number of nitrogens with two attached hydrogens (primary N) is 1. The van der Waals surface area contributed by atoms with Crippen LogP contribution in [-0.4, -0.2) is 9.97 Å². The first-order valence-electron chi connectivity index (χ1n) is 3.38. The van der Waals surface area contributed by atoms with Gasteiger partial charge in [0.15, 0.2) is 0 Å². The van der Waals surface area contributed by atoms with Crippen molar-refractivity contribution in [3.05, 3.63) is 29.6 Å². The summed E-state index contributed by atoms with van der Waals surface area (Å²) >= 11 is 4.79. The van der Waals surface area contributed by atoms with Crippen molar-refractivity contribution in [2.24, 2.45) is 5.73 Å². The van der Waals surface area contributed by atoms with E-state index in [1.807, 2.05) is 19.2 Å². The van der Waals surface area contributed by atoms with Crippen LogP contribution in [-0.2, 0) is 6.42 Å². The number of hydrogen-bond acceptors (Lipinski definition) is 2. The van der Waals surface area contributed by atoms with E-state index in [0.717, 1.165) is 11.1 Å². The molecule has 0 spiro atoms. The number of aryl methyl sites for hydroxylation is 1. The van der Waals surface area contributed by atoms with Crippen LogP contribution >= 0.6 is 12.2 Å². The second kappa shape index (κ2) is 3.44. The van der Waals surface area contributed by atoms with Crippen molar-refractivity contribution in [1.29, 1.82) is 0 Å². The van der Waals surface area contributed by atoms with Gasteiger partial charge in [-0.15, -0.1) is 0 Å². The van der Waals surface area contributed by atoms with Gasteiger partial charge in [-0.25, -0.2) is 0 Å². The quantitative estimate of drug-likeness (QED) is 0.671. The summed E-state index contributed by atoms with van der Waals surface area (Å²) in [6, 6.07) is 1.94. The Morgan fingerprint density at radius 2 is 2.45 bits per heavy atom. The molecule has 0 aliphatic rings. The fourth-order valence-corrected chi connectivity index (χ4v) is 1.04. The number of thiocarbonyl (C=S) groups is 1. The van der Waals surface area contributed by atoms with E-state index in [1.54, 1.807) is 6.20 Å². The van der Waals surface area contributed by atoms with Crippen LogP contribution in [0, 0.1) is 6.92 Å². The number of nitrogens with zero attached hydrogens (tertiary/aromatic N) is 1. The molecule has 0 aromatic carbocycles. The predicted octanol–water partition coefficient (Wildman–Crippen LogP) is 1.22. The van der Waals surface area contributed by atoms with E-state index in [4.69, 9.17) is 18.0 Å². The zero-order valence-electron chi connectivity index (χ0n) is 6.37. The van der Waals surface area contributed by atoms with Crippen molar-refractivity contribution in [2.75, 3.05) is 0 Å². The van der Waals surface area contributed by atoms with E-state index in [2.05, 4.69) is 4.98 Å². The van der Waals surface area contributed by atoms with Gasteiger partial charge in [-0.2, -0.15) is 0 Å². The normalized spacial score (nSPS) is 9.55. The fraction of sp³-hybridized carbons (Fsp3) is 0.250. The fourth-order valence-electron chi connectivity index (χ4n) is 0.888. The van der Waals surface area contributed by atoms with Gasteiger partial charge >= 0.3 is 0 Å². The zero-order chi connectivity index (χ0) is 8.27. The summed E-state index contributed by atoms with van der Waals surface area (Å²) in [5.41, 5.74) is 7.70. The van der Waals surface area contributed by atoms with E-state index in [9.17, 15) is 0 Å². The highest BCUT2D eigenvalue weighted by molar-refractivity contribution is 7.80. The molecule has 3 heteroatoms. The van der Waals surface area contributed by atoms with Gasteiger partial charge in [-0.1, -0.05) is 12.2 Å². The van der Waals surface area contributed by atoms with Crippen LogP contribution in [0.15, 0.2) is 18.5 Å². The van der Waals surface area contributed by atoms with Crippen LogP contribution in [0.4, 0.5) is 0 Å². The van der Waals surface area contributed by atoms with Gasteiger partial charge in [0, 0.05) is 18.8 Å². The molecule has 0 unspecified atom stereocenters. The Morgan fingerprint density at radius 1 is 1.73 bits per heavy atom. The number of pyridine rings is 1. The molecule has 0 saturated heterocycles. The van der Waals surface area contributed by atoms with Crippen LogP contribution in [0.1, 0.15) is 11.1 Å². The third kappa shape index (κ3) is 2.27. The lowest BCUT2D eigenvalue weighted by Crippen LogP contribution is -2.11. The summed E-state index contributed by atoms with van der Waals surface area (Å²) < 4.78 is 0. The zero-order valence-corrected chi connectivity index (χ0v) is 7.19. The molecule has 0 radical (unpaired) electrons. The summed E-state index contributed by atoms with van der Waals surface area (Å²) in [4.78, 5) is 4.50. The molecule has 0 aliphatic heterocycles. The van der Waals surface area contributed by atoms with Gasteiger partial charge in [0.1, 0.15) is 0 Å². The Labute approximate surface area is 71.4 Å². The summed E-state index contributed by atoms with van der Waals surface area (Å²) in [7, 11) is 0. The minimum atomic E-state index is 0.527. The molecule has 1 aromatic heterocycles. The van der Waals surface area contributed by atoms with Crippen LogP contribution < -0.4 is 5.73 Å². The van der Waals surface area contributed by atoms with Crippen LogP contribution in [0.2, 0.25) is 0 Å². The average molecular weight is 166 g/mol. The molecule has 1 aromatic rings. The third-order valence-electron chi connectivity index (χ3n) is 1.50. The second-order valence-corrected chi connectivity index (χ2v) is 2.97. The van der Waals surface area contributed by atoms with E-state index in [0.29, 0.717) is 11.4 Å². The largest absolute Gasteiger partial charge is 0.393 e. The molecular weight excluding hydrogens is 156 g/mol. The molecule has 1 rings (SSSR count). The Hall–Kier alpha value is -0.960. The van der Waals surface area contributed by atoms with Gasteiger partial charge in [0.2, 0.25) is 0 Å². The molecule has 0 fully saturated rings. The highest BCUT2D eigenvalue weighted by Gasteiger charge is 1.97. The topological polar surface area (TPSA) is 38.9 Å². The summed E-state index contributed by atoms with van der Waals surface area (Å²) in [5, 5.41) is 0. The molecule has 11 heavy (non-hydrogen) atoms. The molecule has 0 bridgehead atoms. The minimum absolute atomic E-state index is 0.527. The third-order valence-corrected chi connectivity index (χ3v) is 1.65. The summed E-state index contributed by atoms with van der Waals surface area (Å²) in [6.07, 6.45) is 4.23. The summed E-state index contributed by atoms with van der Waals surface area (Å²) in [5.74, 6) is 0. The smallest absolute Gasteiger partial charge is 0.0771 e. The van der Waals surface area contributed by atoms with E-state index < -0.39 is 0 Å². The highest BCUT2D eigenvalue weighted by Crippen LogP contribution is 2.05. The predicted molar refractivity (Wildman–Crippen MR) is 49.5 cm³/mol. The first-order chi connectivity index (χ1) is 5.20. The second-order valence-electron chi connectivity index (χ2n) is 2.45. The molecule has 2 nitrogen and oxygen atoms in total. The van der Waals surface area contributed by atoms with Crippen LogP contribution in [0.5, 0.6) is 0 Å². The molecule has 58 valence electrons. The van der Waals surface area contributed by atoms with Crippen molar-refractivity contribution in [1.82, 2.24) is 4.98 Å². The van der Waals surface area contributed by atoms with E-state index in [-0.39, 0.29) is 0 Å². The molecule has 2 N–H and O–H groups in total. The van der Waals surface area contributed by atoms with Crippen molar-refractivity contribution in [2.45, 2.75) is 13.3 Å². The maximum atomic E-state index is 5.40. The van der Waals surface area contributed by atoms with Gasteiger partial charge in [0.25, 0.3) is 0 Å². The Balaban J connectivity index is 2.86. The number of aromatic nitrogens is 1. The highest BCUT2D eigenvalue weighted by atomic mass is 32.1.